The molecular formula is C18H28N6OS. The smallest absolute Gasteiger partial charge is 0.273 e. The van der Waals surface area contributed by atoms with E-state index in [1.807, 2.05) is 14.1 Å². The molecule has 0 atom stereocenters. The van der Waals surface area contributed by atoms with Crippen LogP contribution in [0.3, 0.4) is 0 Å². The van der Waals surface area contributed by atoms with Crippen molar-refractivity contribution in [1.82, 2.24) is 24.6 Å². The first-order chi connectivity index (χ1) is 12.2. The van der Waals surface area contributed by atoms with E-state index < -0.39 is 0 Å². The second kappa shape index (κ2) is 7.34. The number of amides is 1. The van der Waals surface area contributed by atoms with E-state index >= 15 is 0 Å². The van der Waals surface area contributed by atoms with Gasteiger partial charge in [-0.1, -0.05) is 32.1 Å². The lowest BCUT2D eigenvalue weighted by atomic mass is 9.96. The molecule has 1 aliphatic heterocycles. The molecule has 1 aliphatic rings. The van der Waals surface area contributed by atoms with Crippen molar-refractivity contribution < 1.29 is 4.79 Å². The van der Waals surface area contributed by atoms with Gasteiger partial charge < -0.3 is 14.4 Å². The first-order valence-corrected chi connectivity index (χ1v) is 9.88. The Bertz CT molecular complexity index is 754. The molecule has 3 heterocycles. The monoisotopic (exact) mass is 376 g/mol. The van der Waals surface area contributed by atoms with Gasteiger partial charge in [0.25, 0.3) is 5.91 Å². The van der Waals surface area contributed by atoms with Crippen LogP contribution in [0, 0.1) is 5.92 Å². The summed E-state index contributed by atoms with van der Waals surface area (Å²) in [6.45, 7) is 9.20. The number of carbonyl (C=O) groups excluding carboxylic acids is 1. The maximum absolute atomic E-state index is 12.4. The molecule has 26 heavy (non-hydrogen) atoms. The van der Waals surface area contributed by atoms with Crippen LogP contribution in [-0.4, -0.2) is 57.2 Å². The number of imidazole rings is 1. The molecular weight excluding hydrogens is 348 g/mol. The summed E-state index contributed by atoms with van der Waals surface area (Å²) in [5.74, 6) is 0.505. The van der Waals surface area contributed by atoms with Crippen LogP contribution >= 0.6 is 11.3 Å². The van der Waals surface area contributed by atoms with Crippen molar-refractivity contribution in [3.05, 3.63) is 23.2 Å². The van der Waals surface area contributed by atoms with Crippen LogP contribution < -0.4 is 4.90 Å². The Morgan fingerprint density at radius 1 is 1.31 bits per heavy atom. The van der Waals surface area contributed by atoms with Crippen LogP contribution in [0.2, 0.25) is 0 Å². The predicted molar refractivity (Wildman–Crippen MR) is 104 cm³/mol. The highest BCUT2D eigenvalue weighted by atomic mass is 32.1. The second-order valence-corrected chi connectivity index (χ2v) is 9.14. The van der Waals surface area contributed by atoms with E-state index in [9.17, 15) is 4.79 Å². The lowest BCUT2D eigenvalue weighted by molar-refractivity contribution is 0.0759. The van der Waals surface area contributed by atoms with Crippen LogP contribution in [0.15, 0.2) is 12.5 Å². The quantitative estimate of drug-likeness (QED) is 0.820. The van der Waals surface area contributed by atoms with Gasteiger partial charge in [0, 0.05) is 45.3 Å². The third-order valence-electron chi connectivity index (χ3n) is 4.74. The minimum absolute atomic E-state index is 0.00743. The summed E-state index contributed by atoms with van der Waals surface area (Å²) < 4.78 is 1.80. The average Bonchev–Trinajstić information content (AvgIpc) is 3.23. The third-order valence-corrected chi connectivity index (χ3v) is 6.15. The fourth-order valence-corrected chi connectivity index (χ4v) is 4.10. The molecule has 0 aromatic carbocycles. The van der Waals surface area contributed by atoms with E-state index in [1.54, 1.807) is 33.3 Å². The molecule has 0 aliphatic carbocycles. The predicted octanol–water partition coefficient (Wildman–Crippen LogP) is 2.56. The zero-order valence-electron chi connectivity index (χ0n) is 16.3. The van der Waals surface area contributed by atoms with Gasteiger partial charge in [0.05, 0.1) is 6.33 Å². The second-order valence-electron chi connectivity index (χ2n) is 8.18. The highest BCUT2D eigenvalue weighted by molar-refractivity contribution is 7.15. The minimum atomic E-state index is -0.00743. The normalized spacial score (nSPS) is 16.1. The molecule has 2 aromatic rings. The molecule has 1 fully saturated rings. The van der Waals surface area contributed by atoms with Gasteiger partial charge in [-0.3, -0.25) is 4.79 Å². The summed E-state index contributed by atoms with van der Waals surface area (Å²) >= 11 is 1.69. The van der Waals surface area contributed by atoms with Crippen molar-refractivity contribution in [2.45, 2.75) is 39.0 Å². The van der Waals surface area contributed by atoms with Crippen molar-refractivity contribution in [2.75, 3.05) is 31.6 Å². The minimum Gasteiger partial charge on any atom is -0.347 e. The van der Waals surface area contributed by atoms with Gasteiger partial charge in [-0.15, -0.1) is 10.2 Å². The summed E-state index contributed by atoms with van der Waals surface area (Å²) in [6, 6.07) is 0. The molecule has 142 valence electrons. The maximum Gasteiger partial charge on any atom is 0.273 e. The van der Waals surface area contributed by atoms with Crippen molar-refractivity contribution in [3.8, 4) is 0 Å². The molecule has 7 nitrogen and oxygen atoms in total. The SMILES string of the molecule is CN(CC1CCN(c2nnc(C(C)(C)C)s2)CC1)C(=O)c1cn(C)cn1. The zero-order chi connectivity index (χ0) is 18.9. The van der Waals surface area contributed by atoms with Crippen molar-refractivity contribution in [3.63, 3.8) is 0 Å². The van der Waals surface area contributed by atoms with Crippen LogP contribution in [0.25, 0.3) is 0 Å². The van der Waals surface area contributed by atoms with E-state index in [0.717, 1.165) is 42.6 Å². The summed E-state index contributed by atoms with van der Waals surface area (Å²) in [5.41, 5.74) is 0.555. The number of aromatic nitrogens is 4. The molecule has 0 unspecified atom stereocenters. The van der Waals surface area contributed by atoms with Crippen molar-refractivity contribution >= 4 is 22.4 Å². The summed E-state index contributed by atoms with van der Waals surface area (Å²) in [4.78, 5) is 20.7. The fourth-order valence-electron chi connectivity index (χ4n) is 3.14. The van der Waals surface area contributed by atoms with E-state index in [4.69, 9.17) is 0 Å². The molecule has 1 saturated heterocycles. The third kappa shape index (κ3) is 4.23. The van der Waals surface area contributed by atoms with E-state index in [1.165, 1.54) is 0 Å². The van der Waals surface area contributed by atoms with Gasteiger partial charge in [-0.2, -0.15) is 0 Å². The largest absolute Gasteiger partial charge is 0.347 e. The summed E-state index contributed by atoms with van der Waals surface area (Å²) in [5, 5.41) is 10.8. The van der Waals surface area contributed by atoms with Crippen LogP contribution in [-0.2, 0) is 12.5 Å². The average molecular weight is 377 g/mol. The number of anilines is 1. The molecule has 0 N–H and O–H groups in total. The highest BCUT2D eigenvalue weighted by Crippen LogP contribution is 2.31. The first kappa shape index (κ1) is 18.8. The maximum atomic E-state index is 12.4. The Hall–Kier alpha value is -1.96. The molecule has 0 radical (unpaired) electrons. The van der Waals surface area contributed by atoms with Gasteiger partial charge in [-0.25, -0.2) is 4.98 Å². The molecule has 3 rings (SSSR count). The van der Waals surface area contributed by atoms with Gasteiger partial charge in [0.15, 0.2) is 0 Å². The van der Waals surface area contributed by atoms with Crippen LogP contribution in [0.4, 0.5) is 5.13 Å². The van der Waals surface area contributed by atoms with Crippen molar-refractivity contribution in [1.29, 1.82) is 0 Å². The number of aryl methyl sites for hydroxylation is 1. The molecule has 2 aromatic heterocycles. The first-order valence-electron chi connectivity index (χ1n) is 9.06. The molecule has 8 heteroatoms. The fraction of sp³-hybridized carbons (Fsp3) is 0.667. The molecule has 0 spiro atoms. The molecule has 0 bridgehead atoms. The number of hydrogen-bond donors (Lipinski definition) is 0. The molecule has 0 saturated carbocycles. The number of rotatable bonds is 4. The number of carbonyl (C=O) groups is 1. The molecule has 1 amide bonds. The van der Waals surface area contributed by atoms with E-state index in [2.05, 4.69) is 40.9 Å². The lowest BCUT2D eigenvalue weighted by Gasteiger charge is -2.33. The Morgan fingerprint density at radius 3 is 2.54 bits per heavy atom. The summed E-state index contributed by atoms with van der Waals surface area (Å²) in [6.07, 6.45) is 5.55. The topological polar surface area (TPSA) is 67.2 Å². The van der Waals surface area contributed by atoms with Gasteiger partial charge in [-0.05, 0) is 18.8 Å². The number of nitrogens with zero attached hydrogens (tertiary/aromatic N) is 6. The Morgan fingerprint density at radius 2 is 2.00 bits per heavy atom. The van der Waals surface area contributed by atoms with Crippen LogP contribution in [0.5, 0.6) is 0 Å². The van der Waals surface area contributed by atoms with E-state index in [-0.39, 0.29) is 11.3 Å². The lowest BCUT2D eigenvalue weighted by Crippen LogP contribution is -2.39. The highest BCUT2D eigenvalue weighted by Gasteiger charge is 2.26. The van der Waals surface area contributed by atoms with Crippen LogP contribution in [0.1, 0.15) is 49.1 Å². The Labute approximate surface area is 159 Å². The van der Waals surface area contributed by atoms with Gasteiger partial charge in [0.1, 0.15) is 10.7 Å². The standard InChI is InChI=1S/C18H28N6OS/c1-18(2,3)16-20-21-17(26-16)24-8-6-13(7-9-24)10-23(5)15(25)14-11-22(4)12-19-14/h11-13H,6-10H2,1-5H3. The van der Waals surface area contributed by atoms with E-state index in [0.29, 0.717) is 11.6 Å². The summed E-state index contributed by atoms with van der Waals surface area (Å²) in [7, 11) is 3.74. The van der Waals surface area contributed by atoms with Crippen molar-refractivity contribution in [2.24, 2.45) is 13.0 Å². The van der Waals surface area contributed by atoms with Gasteiger partial charge >= 0.3 is 0 Å². The Balaban J connectivity index is 1.52. The van der Waals surface area contributed by atoms with Gasteiger partial charge in [0.2, 0.25) is 5.13 Å². The zero-order valence-corrected chi connectivity index (χ0v) is 17.1. The number of hydrogen-bond acceptors (Lipinski definition) is 6. The Kier molecular flexibility index (Phi) is 5.32. The number of piperidine rings is 1.